The van der Waals surface area contributed by atoms with E-state index in [1.54, 1.807) is 0 Å². The molecule has 0 saturated carbocycles. The normalized spacial score (nSPS) is 12.9. The minimum Gasteiger partial charge on any atom is -0.372 e. The Morgan fingerprint density at radius 2 is 1.89 bits per heavy atom. The summed E-state index contributed by atoms with van der Waals surface area (Å²) in [6.07, 6.45) is 4.00. The zero-order chi connectivity index (χ0) is 7.33. The minimum absolute atomic E-state index is 0.000486. The third-order valence-corrected chi connectivity index (χ3v) is 0.848. The molecule has 0 aromatic rings. The van der Waals surface area contributed by atoms with Crippen LogP contribution >= 0.6 is 0 Å². The second-order valence-corrected chi connectivity index (χ2v) is 2.99. The van der Waals surface area contributed by atoms with Crippen LogP contribution in [0.15, 0.2) is 12.2 Å². The first-order valence-electron chi connectivity index (χ1n) is 3.31. The van der Waals surface area contributed by atoms with Crippen molar-refractivity contribution in [2.45, 2.75) is 33.3 Å². The summed E-state index contributed by atoms with van der Waals surface area (Å²) in [6.45, 7) is 8.87. The fraction of sp³-hybridized carbons (Fsp3) is 0.750. The topological polar surface area (TPSA) is 9.23 Å². The summed E-state index contributed by atoms with van der Waals surface area (Å²) in [6, 6.07) is 0. The van der Waals surface area contributed by atoms with Crippen LogP contribution in [0, 0.1) is 0 Å². The highest BCUT2D eigenvalue weighted by molar-refractivity contribution is 4.77. The van der Waals surface area contributed by atoms with E-state index in [-0.39, 0.29) is 5.60 Å². The molecule has 0 aliphatic carbocycles. The van der Waals surface area contributed by atoms with Crippen LogP contribution in [0.2, 0.25) is 0 Å². The molecule has 0 heterocycles. The van der Waals surface area contributed by atoms with E-state index in [9.17, 15) is 0 Å². The molecule has 9 heavy (non-hydrogen) atoms. The average molecular weight is 128 g/mol. The molecule has 0 amide bonds. The van der Waals surface area contributed by atoms with Gasteiger partial charge in [-0.15, -0.1) is 0 Å². The van der Waals surface area contributed by atoms with Gasteiger partial charge in [0.2, 0.25) is 0 Å². The molecule has 0 bridgehead atoms. The molecule has 0 atom stereocenters. The Bertz CT molecular complexity index is 87.2. The van der Waals surface area contributed by atoms with Crippen molar-refractivity contribution in [1.29, 1.82) is 0 Å². The van der Waals surface area contributed by atoms with E-state index in [0.29, 0.717) is 0 Å². The maximum absolute atomic E-state index is 5.38. The smallest absolute Gasteiger partial charge is 0.0654 e. The van der Waals surface area contributed by atoms with Gasteiger partial charge in [-0.1, -0.05) is 12.2 Å². The standard InChI is InChI=1S/C8H16O/c1-5-6-7-9-8(2,3)4/h5-6H,7H2,1-4H3/b6-5-. The van der Waals surface area contributed by atoms with Gasteiger partial charge >= 0.3 is 0 Å². The van der Waals surface area contributed by atoms with Gasteiger partial charge in [-0.05, 0) is 27.7 Å². The first-order chi connectivity index (χ1) is 4.06. The second kappa shape index (κ2) is 3.67. The molecule has 0 rings (SSSR count). The Kier molecular flexibility index (Phi) is 3.55. The summed E-state index contributed by atoms with van der Waals surface area (Å²) in [5.41, 5.74) is -0.000486. The zero-order valence-electron chi connectivity index (χ0n) is 6.77. The highest BCUT2D eigenvalue weighted by atomic mass is 16.5. The molecule has 0 aromatic carbocycles. The van der Waals surface area contributed by atoms with Crippen LogP contribution in [0.5, 0.6) is 0 Å². The predicted molar refractivity (Wildman–Crippen MR) is 40.5 cm³/mol. The molecule has 1 nitrogen and oxygen atoms in total. The molecule has 0 N–H and O–H groups in total. The van der Waals surface area contributed by atoms with Crippen molar-refractivity contribution in [3.63, 3.8) is 0 Å². The van der Waals surface area contributed by atoms with Gasteiger partial charge in [-0.25, -0.2) is 0 Å². The third kappa shape index (κ3) is 7.70. The van der Waals surface area contributed by atoms with Crippen LogP contribution in [0.25, 0.3) is 0 Å². The molecule has 0 unspecified atom stereocenters. The average Bonchev–Trinajstić information content (AvgIpc) is 1.63. The lowest BCUT2D eigenvalue weighted by atomic mass is 10.2. The van der Waals surface area contributed by atoms with E-state index in [1.165, 1.54) is 0 Å². The van der Waals surface area contributed by atoms with E-state index >= 15 is 0 Å². The summed E-state index contributed by atoms with van der Waals surface area (Å²) >= 11 is 0. The molecule has 54 valence electrons. The van der Waals surface area contributed by atoms with Crippen LogP contribution in [-0.4, -0.2) is 12.2 Å². The van der Waals surface area contributed by atoms with Gasteiger partial charge in [0.1, 0.15) is 0 Å². The van der Waals surface area contributed by atoms with Crippen LogP contribution in [-0.2, 0) is 4.74 Å². The molecule has 0 saturated heterocycles. The Balaban J connectivity index is 3.28. The number of ether oxygens (including phenoxy) is 1. The van der Waals surface area contributed by atoms with Gasteiger partial charge in [0, 0.05) is 0 Å². The van der Waals surface area contributed by atoms with Crippen molar-refractivity contribution < 1.29 is 4.74 Å². The van der Waals surface area contributed by atoms with Crippen molar-refractivity contribution in [1.82, 2.24) is 0 Å². The fourth-order valence-electron chi connectivity index (χ4n) is 0.394. The van der Waals surface area contributed by atoms with E-state index in [1.807, 2.05) is 19.1 Å². The van der Waals surface area contributed by atoms with Gasteiger partial charge in [0.25, 0.3) is 0 Å². The zero-order valence-corrected chi connectivity index (χ0v) is 6.77. The highest BCUT2D eigenvalue weighted by Crippen LogP contribution is 2.05. The number of hydrogen-bond donors (Lipinski definition) is 0. The highest BCUT2D eigenvalue weighted by Gasteiger charge is 2.07. The maximum atomic E-state index is 5.38. The Hall–Kier alpha value is -0.300. The van der Waals surface area contributed by atoms with Crippen molar-refractivity contribution in [2.24, 2.45) is 0 Å². The first-order valence-corrected chi connectivity index (χ1v) is 3.31. The van der Waals surface area contributed by atoms with Gasteiger partial charge < -0.3 is 4.74 Å². The van der Waals surface area contributed by atoms with Crippen molar-refractivity contribution in [3.8, 4) is 0 Å². The summed E-state index contributed by atoms with van der Waals surface area (Å²) < 4.78 is 5.38. The van der Waals surface area contributed by atoms with Crippen LogP contribution < -0.4 is 0 Å². The van der Waals surface area contributed by atoms with Crippen molar-refractivity contribution >= 4 is 0 Å². The van der Waals surface area contributed by atoms with Crippen molar-refractivity contribution in [2.75, 3.05) is 6.61 Å². The number of allylic oxidation sites excluding steroid dienone is 1. The summed E-state index contributed by atoms with van der Waals surface area (Å²) in [7, 11) is 0. The number of hydrogen-bond acceptors (Lipinski definition) is 1. The lowest BCUT2D eigenvalue weighted by Crippen LogP contribution is -2.18. The quantitative estimate of drug-likeness (QED) is 0.519. The summed E-state index contributed by atoms with van der Waals surface area (Å²) in [5, 5.41) is 0. The lowest BCUT2D eigenvalue weighted by molar-refractivity contribution is 0.0149. The van der Waals surface area contributed by atoms with Gasteiger partial charge in [0.05, 0.1) is 12.2 Å². The van der Waals surface area contributed by atoms with Crippen LogP contribution in [0.1, 0.15) is 27.7 Å². The van der Waals surface area contributed by atoms with Gasteiger partial charge in [-0.2, -0.15) is 0 Å². The molecule has 0 aromatic heterocycles. The predicted octanol–water partition coefficient (Wildman–Crippen LogP) is 2.38. The largest absolute Gasteiger partial charge is 0.372 e. The molecule has 0 fully saturated rings. The Morgan fingerprint density at radius 1 is 1.33 bits per heavy atom. The van der Waals surface area contributed by atoms with Gasteiger partial charge in [0.15, 0.2) is 0 Å². The molecular weight excluding hydrogens is 112 g/mol. The van der Waals surface area contributed by atoms with Crippen LogP contribution in [0.4, 0.5) is 0 Å². The van der Waals surface area contributed by atoms with Crippen LogP contribution in [0.3, 0.4) is 0 Å². The molecule has 0 aliphatic rings. The minimum atomic E-state index is -0.000486. The van der Waals surface area contributed by atoms with E-state index in [2.05, 4.69) is 20.8 Å². The van der Waals surface area contributed by atoms with Crippen molar-refractivity contribution in [3.05, 3.63) is 12.2 Å². The Morgan fingerprint density at radius 3 is 2.22 bits per heavy atom. The molecule has 1 heteroatoms. The SMILES string of the molecule is C/C=C\COC(C)(C)C. The number of rotatable bonds is 2. The second-order valence-electron chi connectivity index (χ2n) is 2.99. The lowest BCUT2D eigenvalue weighted by Gasteiger charge is -2.17. The monoisotopic (exact) mass is 128 g/mol. The Labute approximate surface area is 57.7 Å². The van der Waals surface area contributed by atoms with E-state index in [4.69, 9.17) is 4.74 Å². The maximum Gasteiger partial charge on any atom is 0.0654 e. The fourth-order valence-corrected chi connectivity index (χ4v) is 0.394. The van der Waals surface area contributed by atoms with E-state index in [0.717, 1.165) is 6.61 Å². The third-order valence-electron chi connectivity index (χ3n) is 0.848. The summed E-state index contributed by atoms with van der Waals surface area (Å²) in [4.78, 5) is 0. The molecule has 0 radical (unpaired) electrons. The molecule has 0 aliphatic heterocycles. The molecule has 0 spiro atoms. The van der Waals surface area contributed by atoms with Gasteiger partial charge in [-0.3, -0.25) is 0 Å². The van der Waals surface area contributed by atoms with E-state index < -0.39 is 0 Å². The summed E-state index contributed by atoms with van der Waals surface area (Å²) in [5.74, 6) is 0. The molecular formula is C8H16O. The first kappa shape index (κ1) is 8.70.